The number of allylic oxidation sites excluding steroid dienone is 1. The zero-order valence-corrected chi connectivity index (χ0v) is 27.7. The van der Waals surface area contributed by atoms with Gasteiger partial charge < -0.3 is 26.4 Å². The SMILES string of the molecule is CC(C)(C)OC(=O)N1CCN(C2C=NC(c3c[c-]c4scnc4c3)=CCC2)CC1.C[CH-][C@H]1CNC(=O)C1.[U+2]. The minimum atomic E-state index is -0.455. The zero-order valence-electron chi connectivity index (χ0n) is 22.7. The fourth-order valence-electron chi connectivity index (χ4n) is 4.53. The van der Waals surface area contributed by atoms with Crippen LogP contribution in [0.1, 0.15) is 52.5 Å². The van der Waals surface area contributed by atoms with Crippen molar-refractivity contribution < 1.29 is 45.4 Å². The number of nitrogens with zero attached hydrogens (tertiary/aromatic N) is 4. The number of amides is 2. The topological polar surface area (TPSA) is 87.1 Å². The standard InChI is InChI=1S/C22H27N4O2S.C6H10NO.U/c1-22(2,3)28-21(27)26-11-9-25(10-12-26)17-5-4-6-18(23-14-17)16-7-8-20-19(13-16)24-15-29-20;1-2-5-3-6(8)7-4-5;/h6-7,13-15,17H,4-5,9-12H2,1-3H3;2,5H,3-4H2,1H3,(H,7,8);/q2*-1;+2/t;5-;/m.1./s1. The molecule has 1 aromatic carbocycles. The summed E-state index contributed by atoms with van der Waals surface area (Å²) >= 11 is 1.60. The van der Waals surface area contributed by atoms with Crippen LogP contribution in [0.5, 0.6) is 0 Å². The average molecular weight is 762 g/mol. The van der Waals surface area contributed by atoms with Gasteiger partial charge in [0.2, 0.25) is 5.91 Å². The number of piperazine rings is 1. The predicted octanol–water partition coefficient (Wildman–Crippen LogP) is 4.57. The number of hydrogen-bond donors (Lipinski definition) is 1. The summed E-state index contributed by atoms with van der Waals surface area (Å²) in [5, 5.41) is 2.75. The van der Waals surface area contributed by atoms with Crippen LogP contribution in [0.4, 0.5) is 4.79 Å². The van der Waals surface area contributed by atoms with E-state index in [4.69, 9.17) is 9.73 Å². The van der Waals surface area contributed by atoms with Crippen molar-refractivity contribution in [3.63, 3.8) is 0 Å². The second-order valence-electron chi connectivity index (χ2n) is 10.6. The third-order valence-corrected chi connectivity index (χ3v) is 7.42. The van der Waals surface area contributed by atoms with E-state index in [0.717, 1.165) is 54.0 Å². The molecular formula is C28H37N5O3SU. The summed E-state index contributed by atoms with van der Waals surface area (Å²) in [7, 11) is 0. The Bertz CT molecular complexity index is 1150. The van der Waals surface area contributed by atoms with Gasteiger partial charge in [-0.15, -0.1) is 17.5 Å². The number of aliphatic imine (C=N–C) groups is 1. The second kappa shape index (κ2) is 14.1. The molecule has 4 heterocycles. The number of benzene rings is 1. The summed E-state index contributed by atoms with van der Waals surface area (Å²) in [5.41, 5.74) is 4.43. The smallest absolute Gasteiger partial charge is 0.444 e. The van der Waals surface area contributed by atoms with Crippen molar-refractivity contribution in [3.05, 3.63) is 41.8 Å². The van der Waals surface area contributed by atoms with Crippen molar-refractivity contribution in [2.45, 2.75) is 58.6 Å². The fourth-order valence-corrected chi connectivity index (χ4v) is 5.16. The Hall–Kier alpha value is -1.73. The third kappa shape index (κ3) is 8.64. The fraction of sp³-hybridized carbons (Fsp3) is 0.536. The van der Waals surface area contributed by atoms with Gasteiger partial charge in [0.15, 0.2) is 0 Å². The van der Waals surface area contributed by atoms with Crippen molar-refractivity contribution >= 4 is 45.5 Å². The largest absolute Gasteiger partial charge is 2.00 e. The number of thiazole rings is 1. The van der Waals surface area contributed by atoms with Gasteiger partial charge in [-0.1, -0.05) is 10.8 Å². The van der Waals surface area contributed by atoms with Gasteiger partial charge in [-0.05, 0) is 45.7 Å². The molecular weight excluding hydrogens is 724 g/mol. The Labute approximate surface area is 253 Å². The predicted molar refractivity (Wildman–Crippen MR) is 148 cm³/mol. The molecule has 0 bridgehead atoms. The van der Waals surface area contributed by atoms with Crippen LogP contribution >= 0.6 is 11.3 Å². The van der Waals surface area contributed by atoms with Crippen molar-refractivity contribution in [2.75, 3.05) is 32.7 Å². The van der Waals surface area contributed by atoms with Crippen LogP contribution < -0.4 is 5.32 Å². The summed E-state index contributed by atoms with van der Waals surface area (Å²) in [5.74, 6) is 0.676. The number of nitrogens with one attached hydrogen (secondary N) is 1. The van der Waals surface area contributed by atoms with Gasteiger partial charge in [-0.3, -0.25) is 14.7 Å². The van der Waals surface area contributed by atoms with E-state index >= 15 is 0 Å². The molecule has 10 heteroatoms. The Kier molecular flexibility index (Phi) is 11.4. The van der Waals surface area contributed by atoms with Gasteiger partial charge in [0.05, 0.1) is 5.51 Å². The molecule has 8 nitrogen and oxygen atoms in total. The first-order chi connectivity index (χ1) is 17.7. The number of ether oxygens (including phenoxy) is 1. The van der Waals surface area contributed by atoms with E-state index in [9.17, 15) is 9.59 Å². The summed E-state index contributed by atoms with van der Waals surface area (Å²) in [6.45, 7) is 11.6. The number of carbonyl (C=O) groups is 2. The van der Waals surface area contributed by atoms with Gasteiger partial charge in [-0.2, -0.15) is 30.4 Å². The quantitative estimate of drug-likeness (QED) is 0.464. The van der Waals surface area contributed by atoms with Crippen LogP contribution in [0.15, 0.2) is 28.7 Å². The molecule has 0 aliphatic carbocycles. The molecule has 1 aromatic heterocycles. The molecule has 1 unspecified atom stereocenters. The molecule has 2 atom stereocenters. The minimum absolute atomic E-state index is 0. The number of hydrogen-bond acceptors (Lipinski definition) is 7. The molecule has 2 fully saturated rings. The van der Waals surface area contributed by atoms with E-state index in [1.807, 2.05) is 39.3 Å². The minimum Gasteiger partial charge on any atom is -0.444 e. The first-order valence-corrected chi connectivity index (χ1v) is 13.9. The Balaban J connectivity index is 0.000000382. The molecule has 2 aromatic rings. The molecule has 0 spiro atoms. The van der Waals surface area contributed by atoms with Gasteiger partial charge in [0.1, 0.15) is 5.60 Å². The van der Waals surface area contributed by atoms with Gasteiger partial charge in [0, 0.05) is 50.6 Å². The van der Waals surface area contributed by atoms with Crippen molar-refractivity contribution in [3.8, 4) is 0 Å². The van der Waals surface area contributed by atoms with Crippen molar-refractivity contribution in [1.29, 1.82) is 0 Å². The van der Waals surface area contributed by atoms with E-state index in [0.29, 0.717) is 25.4 Å². The maximum Gasteiger partial charge on any atom is 2.00 e. The third-order valence-electron chi connectivity index (χ3n) is 6.64. The molecule has 38 heavy (non-hydrogen) atoms. The molecule has 3 aliphatic heterocycles. The van der Waals surface area contributed by atoms with E-state index in [-0.39, 0.29) is 49.2 Å². The number of aromatic nitrogens is 1. The second-order valence-corrected chi connectivity index (χ2v) is 11.4. The normalized spacial score (nSPS) is 22.1. The van der Waals surface area contributed by atoms with Gasteiger partial charge in [-0.25, -0.2) is 4.79 Å². The van der Waals surface area contributed by atoms with Crippen LogP contribution in [-0.4, -0.2) is 77.4 Å². The van der Waals surface area contributed by atoms with Gasteiger partial charge in [0.25, 0.3) is 0 Å². The van der Waals surface area contributed by atoms with Crippen LogP contribution in [0.25, 0.3) is 15.9 Å². The first-order valence-electron chi connectivity index (χ1n) is 13.0. The first kappa shape index (κ1) is 30.8. The van der Waals surface area contributed by atoms with Crippen LogP contribution in [0.2, 0.25) is 0 Å². The van der Waals surface area contributed by atoms with Crippen LogP contribution in [0.3, 0.4) is 0 Å². The molecule has 0 radical (unpaired) electrons. The van der Waals surface area contributed by atoms with Gasteiger partial charge >= 0.3 is 37.2 Å². The summed E-state index contributed by atoms with van der Waals surface area (Å²) in [6, 6.07) is 7.69. The number of fused-ring (bicyclic) bond motifs is 1. The van der Waals surface area contributed by atoms with E-state index in [1.165, 1.54) is 0 Å². The molecule has 2 saturated heterocycles. The molecule has 3 aliphatic rings. The number of carbonyl (C=O) groups excluding carboxylic acids is 2. The summed E-state index contributed by atoms with van der Waals surface area (Å²) in [6.07, 6.45) is 8.81. The number of rotatable bonds is 3. The maximum absolute atomic E-state index is 12.3. The van der Waals surface area contributed by atoms with E-state index in [1.54, 1.807) is 16.2 Å². The Morgan fingerprint density at radius 1 is 1.26 bits per heavy atom. The van der Waals surface area contributed by atoms with Crippen LogP contribution in [0, 0.1) is 49.5 Å². The summed E-state index contributed by atoms with van der Waals surface area (Å²) in [4.78, 5) is 36.1. The van der Waals surface area contributed by atoms with Crippen molar-refractivity contribution in [2.24, 2.45) is 10.9 Å². The Morgan fingerprint density at radius 2 is 2.03 bits per heavy atom. The molecule has 202 valence electrons. The monoisotopic (exact) mass is 761 g/mol. The molecule has 1 N–H and O–H groups in total. The molecule has 2 amide bonds. The Morgan fingerprint density at radius 3 is 2.66 bits per heavy atom. The van der Waals surface area contributed by atoms with Crippen molar-refractivity contribution in [1.82, 2.24) is 20.1 Å². The molecule has 5 rings (SSSR count). The molecule has 0 saturated carbocycles. The average Bonchev–Trinajstić information content (AvgIpc) is 3.44. The van der Waals surface area contributed by atoms with Crippen LogP contribution in [-0.2, 0) is 9.53 Å². The summed E-state index contributed by atoms with van der Waals surface area (Å²) < 4.78 is 6.57. The zero-order chi connectivity index (χ0) is 26.4. The van der Waals surface area contributed by atoms with E-state index < -0.39 is 5.60 Å². The maximum atomic E-state index is 12.3. The van der Waals surface area contributed by atoms with E-state index in [2.05, 4.69) is 46.0 Å².